The number of nitrogens with one attached hydrogen (secondary N) is 1. The largest absolute Gasteiger partial charge is 0.398 e. The van der Waals surface area contributed by atoms with Crippen LogP contribution in [0.25, 0.3) is 0 Å². The molecular formula is C12H15BrN4O. The van der Waals surface area contributed by atoms with Crippen molar-refractivity contribution in [2.45, 2.75) is 20.3 Å². The molecule has 0 atom stereocenters. The lowest BCUT2D eigenvalue weighted by Crippen LogP contribution is -2.07. The maximum Gasteiger partial charge on any atom is 0.223 e. The van der Waals surface area contributed by atoms with E-state index in [0.29, 0.717) is 18.1 Å². The van der Waals surface area contributed by atoms with E-state index < -0.39 is 0 Å². The molecule has 0 aliphatic rings. The van der Waals surface area contributed by atoms with Crippen molar-refractivity contribution in [1.82, 2.24) is 10.1 Å². The predicted molar refractivity (Wildman–Crippen MR) is 74.5 cm³/mol. The quantitative estimate of drug-likeness (QED) is 0.849. The molecule has 0 aliphatic heterocycles. The third kappa shape index (κ3) is 3.01. The van der Waals surface area contributed by atoms with Crippen molar-refractivity contribution < 1.29 is 4.52 Å². The molecule has 5 nitrogen and oxygen atoms in total. The summed E-state index contributed by atoms with van der Waals surface area (Å²) in [5, 5.41) is 7.16. The van der Waals surface area contributed by atoms with E-state index >= 15 is 0 Å². The van der Waals surface area contributed by atoms with Gasteiger partial charge in [0.05, 0.1) is 0 Å². The second kappa shape index (κ2) is 5.39. The minimum Gasteiger partial charge on any atom is -0.398 e. The Morgan fingerprint density at radius 3 is 2.83 bits per heavy atom. The van der Waals surface area contributed by atoms with Gasteiger partial charge in [-0.25, -0.2) is 0 Å². The van der Waals surface area contributed by atoms with Gasteiger partial charge in [-0.3, -0.25) is 0 Å². The Labute approximate surface area is 114 Å². The molecule has 0 radical (unpaired) electrons. The van der Waals surface area contributed by atoms with Crippen molar-refractivity contribution in [3.05, 3.63) is 33.9 Å². The summed E-state index contributed by atoms with van der Waals surface area (Å²) in [4.78, 5) is 4.15. The second-order valence-corrected chi connectivity index (χ2v) is 4.95. The van der Waals surface area contributed by atoms with Crippen molar-refractivity contribution >= 4 is 27.3 Å². The molecule has 1 aromatic carbocycles. The standard InChI is InChI=1S/C12H15BrN4O/c1-7-5-11(9(13)6-10(7)14)15-4-3-12-16-8(2)18-17-12/h5-6,15H,3-4,14H2,1-2H3. The van der Waals surface area contributed by atoms with E-state index in [-0.39, 0.29) is 0 Å². The Kier molecular flexibility index (Phi) is 3.86. The zero-order valence-electron chi connectivity index (χ0n) is 10.3. The maximum absolute atomic E-state index is 5.82. The molecule has 0 fully saturated rings. The minimum atomic E-state index is 0.592. The van der Waals surface area contributed by atoms with Crippen LogP contribution in [0.1, 0.15) is 17.3 Å². The van der Waals surface area contributed by atoms with E-state index in [9.17, 15) is 0 Å². The Morgan fingerprint density at radius 2 is 2.17 bits per heavy atom. The monoisotopic (exact) mass is 310 g/mol. The molecule has 0 amide bonds. The van der Waals surface area contributed by atoms with E-state index in [0.717, 1.165) is 28.0 Å². The van der Waals surface area contributed by atoms with Gasteiger partial charge in [0, 0.05) is 35.7 Å². The number of nitrogens with two attached hydrogens (primary N) is 1. The van der Waals surface area contributed by atoms with Crippen LogP contribution in [0.5, 0.6) is 0 Å². The predicted octanol–water partition coefficient (Wildman–Crippen LogP) is 2.69. The first kappa shape index (κ1) is 12.9. The van der Waals surface area contributed by atoms with Gasteiger partial charge < -0.3 is 15.6 Å². The number of rotatable bonds is 4. The van der Waals surface area contributed by atoms with Gasteiger partial charge in [-0.2, -0.15) is 4.98 Å². The smallest absolute Gasteiger partial charge is 0.223 e. The molecule has 2 rings (SSSR count). The summed E-state index contributed by atoms with van der Waals surface area (Å²) in [5.41, 5.74) is 8.67. The first-order valence-electron chi connectivity index (χ1n) is 5.65. The van der Waals surface area contributed by atoms with Gasteiger partial charge >= 0.3 is 0 Å². The molecule has 96 valence electrons. The topological polar surface area (TPSA) is 77.0 Å². The maximum atomic E-state index is 5.82. The number of halogens is 1. The molecule has 0 aliphatic carbocycles. The zero-order chi connectivity index (χ0) is 13.1. The van der Waals surface area contributed by atoms with Gasteiger partial charge in [0.25, 0.3) is 0 Å². The first-order chi connectivity index (χ1) is 8.56. The molecule has 3 N–H and O–H groups in total. The van der Waals surface area contributed by atoms with Crippen molar-refractivity contribution in [2.75, 3.05) is 17.6 Å². The van der Waals surface area contributed by atoms with Gasteiger partial charge in [-0.05, 0) is 40.5 Å². The van der Waals surface area contributed by atoms with Crippen LogP contribution in [0.2, 0.25) is 0 Å². The normalized spacial score (nSPS) is 10.6. The zero-order valence-corrected chi connectivity index (χ0v) is 11.9. The van der Waals surface area contributed by atoms with Crippen molar-refractivity contribution in [2.24, 2.45) is 0 Å². The molecule has 1 aromatic heterocycles. The molecule has 0 saturated carbocycles. The summed E-state index contributed by atoms with van der Waals surface area (Å²) >= 11 is 3.48. The van der Waals surface area contributed by atoms with E-state index in [1.165, 1.54) is 0 Å². The number of anilines is 2. The number of hydrogen-bond donors (Lipinski definition) is 2. The van der Waals surface area contributed by atoms with Crippen molar-refractivity contribution in [3.8, 4) is 0 Å². The molecule has 0 unspecified atom stereocenters. The summed E-state index contributed by atoms with van der Waals surface area (Å²) in [5.74, 6) is 1.30. The highest BCUT2D eigenvalue weighted by Crippen LogP contribution is 2.27. The third-order valence-electron chi connectivity index (χ3n) is 2.59. The average Bonchev–Trinajstić information content (AvgIpc) is 2.71. The van der Waals surface area contributed by atoms with E-state index in [1.54, 1.807) is 6.92 Å². The number of hydrogen-bond acceptors (Lipinski definition) is 5. The minimum absolute atomic E-state index is 0.592. The molecule has 0 spiro atoms. The number of aryl methyl sites for hydroxylation is 2. The van der Waals surface area contributed by atoms with Crippen LogP contribution in [-0.2, 0) is 6.42 Å². The number of nitrogens with zero attached hydrogens (tertiary/aromatic N) is 2. The van der Waals surface area contributed by atoms with Crippen molar-refractivity contribution in [3.63, 3.8) is 0 Å². The summed E-state index contributed by atoms with van der Waals surface area (Å²) in [7, 11) is 0. The van der Waals surface area contributed by atoms with Crippen LogP contribution < -0.4 is 11.1 Å². The Balaban J connectivity index is 1.96. The van der Waals surface area contributed by atoms with Crippen LogP contribution >= 0.6 is 15.9 Å². The summed E-state index contributed by atoms with van der Waals surface area (Å²) < 4.78 is 5.86. The highest BCUT2D eigenvalue weighted by atomic mass is 79.9. The molecule has 0 saturated heterocycles. The van der Waals surface area contributed by atoms with Crippen LogP contribution in [0.15, 0.2) is 21.1 Å². The van der Waals surface area contributed by atoms with Gasteiger partial charge in [0.2, 0.25) is 5.89 Å². The number of nitrogen functional groups attached to an aromatic ring is 1. The first-order valence-corrected chi connectivity index (χ1v) is 6.44. The van der Waals surface area contributed by atoms with E-state index in [4.69, 9.17) is 10.3 Å². The molecule has 2 aromatic rings. The fourth-order valence-electron chi connectivity index (χ4n) is 1.58. The third-order valence-corrected chi connectivity index (χ3v) is 3.25. The molecule has 1 heterocycles. The Bertz CT molecular complexity index is 553. The summed E-state index contributed by atoms with van der Waals surface area (Å²) in [6, 6.07) is 3.91. The Hall–Kier alpha value is -1.56. The highest BCUT2D eigenvalue weighted by Gasteiger charge is 2.05. The van der Waals surface area contributed by atoms with Crippen LogP contribution in [0.3, 0.4) is 0 Å². The van der Waals surface area contributed by atoms with Gasteiger partial charge in [-0.1, -0.05) is 5.16 Å². The van der Waals surface area contributed by atoms with Crippen LogP contribution in [-0.4, -0.2) is 16.7 Å². The van der Waals surface area contributed by atoms with E-state index in [2.05, 4.69) is 31.4 Å². The molecular weight excluding hydrogens is 296 g/mol. The summed E-state index contributed by atoms with van der Waals surface area (Å²) in [6.07, 6.45) is 0.715. The fraction of sp³-hybridized carbons (Fsp3) is 0.333. The van der Waals surface area contributed by atoms with Gasteiger partial charge in [0.15, 0.2) is 5.82 Å². The lowest BCUT2D eigenvalue weighted by Gasteiger charge is -2.10. The lowest BCUT2D eigenvalue weighted by molar-refractivity contribution is 0.387. The molecule has 6 heteroatoms. The average molecular weight is 311 g/mol. The van der Waals surface area contributed by atoms with Gasteiger partial charge in [-0.15, -0.1) is 0 Å². The highest BCUT2D eigenvalue weighted by molar-refractivity contribution is 9.10. The fourth-order valence-corrected chi connectivity index (χ4v) is 2.09. The van der Waals surface area contributed by atoms with E-state index in [1.807, 2.05) is 19.1 Å². The van der Waals surface area contributed by atoms with Gasteiger partial charge in [0.1, 0.15) is 0 Å². The Morgan fingerprint density at radius 1 is 1.39 bits per heavy atom. The molecule has 0 bridgehead atoms. The SMILES string of the molecule is Cc1nc(CCNc2cc(C)c(N)cc2Br)no1. The summed E-state index contributed by atoms with van der Waals surface area (Å²) in [6.45, 7) is 4.50. The molecule has 18 heavy (non-hydrogen) atoms. The van der Waals surface area contributed by atoms with Crippen LogP contribution in [0, 0.1) is 13.8 Å². The van der Waals surface area contributed by atoms with Crippen molar-refractivity contribution in [1.29, 1.82) is 0 Å². The lowest BCUT2D eigenvalue weighted by atomic mass is 10.2. The number of benzene rings is 1. The number of aromatic nitrogens is 2. The van der Waals surface area contributed by atoms with Crippen LogP contribution in [0.4, 0.5) is 11.4 Å². The second-order valence-electron chi connectivity index (χ2n) is 4.10.